The molecule has 1 aromatic carbocycles. The Bertz CT molecular complexity index is 490. The van der Waals surface area contributed by atoms with Crippen LogP contribution in [0.3, 0.4) is 0 Å². The highest BCUT2D eigenvalue weighted by Gasteiger charge is 2.26. The second kappa shape index (κ2) is 5.09. The van der Waals surface area contributed by atoms with Gasteiger partial charge in [-0.15, -0.1) is 0 Å². The van der Waals surface area contributed by atoms with Gasteiger partial charge in [-0.25, -0.2) is 4.79 Å². The van der Waals surface area contributed by atoms with E-state index in [4.69, 9.17) is 9.47 Å². The number of benzene rings is 1. The van der Waals surface area contributed by atoms with Crippen molar-refractivity contribution in [2.75, 3.05) is 20.2 Å². The third-order valence-electron chi connectivity index (χ3n) is 3.75. The number of cyclic esters (lactones) is 1. The maximum absolute atomic E-state index is 10.9. The van der Waals surface area contributed by atoms with Gasteiger partial charge in [-0.1, -0.05) is 12.1 Å². The summed E-state index contributed by atoms with van der Waals surface area (Å²) < 4.78 is 10.9. The summed E-state index contributed by atoms with van der Waals surface area (Å²) in [7, 11) is 1.98. The molecule has 0 spiro atoms. The van der Waals surface area contributed by atoms with E-state index in [9.17, 15) is 4.79 Å². The lowest BCUT2D eigenvalue weighted by Crippen LogP contribution is -2.22. The Kier molecular flexibility index (Phi) is 3.29. The van der Waals surface area contributed by atoms with E-state index in [0.717, 1.165) is 18.6 Å². The number of alkyl carbamates (subject to hydrolysis) is 1. The van der Waals surface area contributed by atoms with Crippen LogP contribution in [0, 0.1) is 0 Å². The Morgan fingerprint density at radius 3 is 3.16 bits per heavy atom. The molecular weight excluding hydrogens is 244 g/mol. The summed E-state index contributed by atoms with van der Waals surface area (Å²) in [5.74, 6) is 0.915. The molecule has 1 aliphatic carbocycles. The van der Waals surface area contributed by atoms with Gasteiger partial charge in [0.05, 0.1) is 6.54 Å². The topological polar surface area (TPSA) is 59.6 Å². The maximum atomic E-state index is 10.9. The first kappa shape index (κ1) is 12.3. The molecule has 1 aromatic rings. The van der Waals surface area contributed by atoms with E-state index in [-0.39, 0.29) is 12.2 Å². The van der Waals surface area contributed by atoms with E-state index in [0.29, 0.717) is 19.2 Å². The smallest absolute Gasteiger partial charge is 0.407 e. The minimum absolute atomic E-state index is 0.190. The number of nitrogens with one attached hydrogen (secondary N) is 2. The number of fused-ring (bicyclic) bond motifs is 1. The molecule has 5 heteroatoms. The van der Waals surface area contributed by atoms with Crippen molar-refractivity contribution in [2.24, 2.45) is 0 Å². The van der Waals surface area contributed by atoms with Crippen LogP contribution >= 0.6 is 0 Å². The summed E-state index contributed by atoms with van der Waals surface area (Å²) in [6.07, 6.45) is 1.58. The molecule has 3 rings (SSSR count). The van der Waals surface area contributed by atoms with Crippen molar-refractivity contribution in [1.82, 2.24) is 10.6 Å². The van der Waals surface area contributed by atoms with Gasteiger partial charge in [0.1, 0.15) is 12.4 Å². The van der Waals surface area contributed by atoms with Gasteiger partial charge in [0.2, 0.25) is 0 Å². The minimum Gasteiger partial charge on any atom is -0.489 e. The molecule has 0 aromatic heterocycles. The van der Waals surface area contributed by atoms with Gasteiger partial charge in [-0.05, 0) is 37.1 Å². The number of ether oxygens (including phenoxy) is 2. The van der Waals surface area contributed by atoms with Crippen LogP contribution in [0.2, 0.25) is 0 Å². The van der Waals surface area contributed by atoms with Gasteiger partial charge in [-0.3, -0.25) is 0 Å². The van der Waals surface area contributed by atoms with Crippen LogP contribution in [0.25, 0.3) is 0 Å². The molecule has 1 fully saturated rings. The number of amides is 1. The molecule has 0 radical (unpaired) electrons. The molecule has 2 unspecified atom stereocenters. The molecule has 1 saturated heterocycles. The molecule has 2 N–H and O–H groups in total. The fourth-order valence-corrected chi connectivity index (χ4v) is 2.76. The normalized spacial score (nSPS) is 24.8. The van der Waals surface area contributed by atoms with Crippen molar-refractivity contribution >= 4 is 6.09 Å². The Balaban J connectivity index is 1.69. The maximum Gasteiger partial charge on any atom is 0.407 e. The molecule has 0 saturated carbocycles. The van der Waals surface area contributed by atoms with Gasteiger partial charge >= 0.3 is 6.09 Å². The number of hydrogen-bond donors (Lipinski definition) is 2. The zero-order valence-electron chi connectivity index (χ0n) is 10.9. The number of carbonyl (C=O) groups is 1. The van der Waals surface area contributed by atoms with Gasteiger partial charge < -0.3 is 20.1 Å². The van der Waals surface area contributed by atoms with Crippen LogP contribution < -0.4 is 15.4 Å². The van der Waals surface area contributed by atoms with E-state index < -0.39 is 0 Å². The largest absolute Gasteiger partial charge is 0.489 e. The van der Waals surface area contributed by atoms with E-state index in [2.05, 4.69) is 16.7 Å². The van der Waals surface area contributed by atoms with Crippen LogP contribution in [0.4, 0.5) is 4.79 Å². The van der Waals surface area contributed by atoms with Crippen molar-refractivity contribution in [2.45, 2.75) is 25.0 Å². The average Bonchev–Trinajstić information content (AvgIpc) is 3.02. The van der Waals surface area contributed by atoms with Crippen LogP contribution in [-0.2, 0) is 11.2 Å². The second-order valence-electron chi connectivity index (χ2n) is 4.92. The molecule has 0 bridgehead atoms. The van der Waals surface area contributed by atoms with Crippen LogP contribution in [0.15, 0.2) is 18.2 Å². The molecular formula is C14H18N2O3. The highest BCUT2D eigenvalue weighted by molar-refractivity contribution is 5.69. The van der Waals surface area contributed by atoms with Gasteiger partial charge in [0.15, 0.2) is 6.10 Å². The fourth-order valence-electron chi connectivity index (χ4n) is 2.76. The molecule has 19 heavy (non-hydrogen) atoms. The predicted molar refractivity (Wildman–Crippen MR) is 70.3 cm³/mol. The first-order valence-electron chi connectivity index (χ1n) is 6.64. The van der Waals surface area contributed by atoms with E-state index in [1.165, 1.54) is 11.1 Å². The molecule has 5 nitrogen and oxygen atoms in total. The summed E-state index contributed by atoms with van der Waals surface area (Å²) >= 11 is 0. The molecule has 1 aliphatic heterocycles. The lowest BCUT2D eigenvalue weighted by molar-refractivity contribution is 0.104. The van der Waals surface area contributed by atoms with E-state index in [1.54, 1.807) is 0 Å². The van der Waals surface area contributed by atoms with Crippen molar-refractivity contribution in [1.29, 1.82) is 0 Å². The quantitative estimate of drug-likeness (QED) is 0.860. The number of hydrogen-bond acceptors (Lipinski definition) is 4. The van der Waals surface area contributed by atoms with Crippen LogP contribution in [0.5, 0.6) is 5.75 Å². The third-order valence-corrected chi connectivity index (χ3v) is 3.75. The Labute approximate surface area is 112 Å². The summed E-state index contributed by atoms with van der Waals surface area (Å²) in [6, 6.07) is 6.57. The molecule has 2 aliphatic rings. The Hall–Kier alpha value is -1.75. The molecule has 102 valence electrons. The SMILES string of the molecule is CNC1CCc2c(OCC3CNC(=O)O3)cccc21. The van der Waals surface area contributed by atoms with Crippen LogP contribution in [0.1, 0.15) is 23.6 Å². The predicted octanol–water partition coefficient (Wildman–Crippen LogP) is 1.38. The zero-order valence-corrected chi connectivity index (χ0v) is 10.9. The monoisotopic (exact) mass is 262 g/mol. The molecule has 2 atom stereocenters. The number of rotatable bonds is 4. The lowest BCUT2D eigenvalue weighted by Gasteiger charge is -2.14. The standard InChI is InChI=1S/C14H18N2O3/c1-15-12-6-5-11-10(12)3-2-4-13(11)18-8-9-7-16-14(17)19-9/h2-4,9,12,15H,5-8H2,1H3,(H,16,17). The van der Waals surface area contributed by atoms with Crippen LogP contribution in [-0.4, -0.2) is 32.4 Å². The minimum atomic E-state index is -0.359. The average molecular weight is 262 g/mol. The summed E-state index contributed by atoms with van der Waals surface area (Å²) in [4.78, 5) is 10.9. The molecule has 1 amide bonds. The lowest BCUT2D eigenvalue weighted by atomic mass is 10.1. The fraction of sp³-hybridized carbons (Fsp3) is 0.500. The van der Waals surface area contributed by atoms with Gasteiger partial charge in [0, 0.05) is 6.04 Å². The summed E-state index contributed by atoms with van der Waals surface area (Å²) in [6.45, 7) is 0.923. The number of carbonyl (C=O) groups excluding carboxylic acids is 1. The van der Waals surface area contributed by atoms with E-state index >= 15 is 0 Å². The van der Waals surface area contributed by atoms with Gasteiger partial charge in [-0.2, -0.15) is 0 Å². The third kappa shape index (κ3) is 2.38. The zero-order chi connectivity index (χ0) is 13.2. The highest BCUT2D eigenvalue weighted by atomic mass is 16.6. The first-order valence-corrected chi connectivity index (χ1v) is 6.64. The molecule has 1 heterocycles. The van der Waals surface area contributed by atoms with Crippen molar-refractivity contribution in [3.63, 3.8) is 0 Å². The summed E-state index contributed by atoms with van der Waals surface area (Å²) in [5.41, 5.74) is 2.60. The summed E-state index contributed by atoms with van der Waals surface area (Å²) in [5, 5.41) is 5.94. The Morgan fingerprint density at radius 2 is 2.42 bits per heavy atom. The van der Waals surface area contributed by atoms with Crippen molar-refractivity contribution in [3.8, 4) is 5.75 Å². The first-order chi connectivity index (χ1) is 9.28. The second-order valence-corrected chi connectivity index (χ2v) is 4.92. The highest BCUT2D eigenvalue weighted by Crippen LogP contribution is 2.36. The van der Waals surface area contributed by atoms with E-state index in [1.807, 2.05) is 19.2 Å². The van der Waals surface area contributed by atoms with Crippen molar-refractivity contribution < 1.29 is 14.3 Å². The van der Waals surface area contributed by atoms with Crippen molar-refractivity contribution in [3.05, 3.63) is 29.3 Å². The van der Waals surface area contributed by atoms with Gasteiger partial charge in [0.25, 0.3) is 0 Å². The Morgan fingerprint density at radius 1 is 1.53 bits per heavy atom.